The number of hydrogen-bond acceptors (Lipinski definition) is 5. The van der Waals surface area contributed by atoms with Crippen molar-refractivity contribution in [2.75, 3.05) is 37.6 Å². The highest BCUT2D eigenvalue weighted by atomic mass is 32.1. The van der Waals surface area contributed by atoms with Crippen molar-refractivity contribution >= 4 is 22.4 Å². The molecule has 18 heavy (non-hydrogen) atoms. The van der Waals surface area contributed by atoms with Crippen molar-refractivity contribution in [3.63, 3.8) is 0 Å². The molecule has 0 aliphatic carbocycles. The van der Waals surface area contributed by atoms with Crippen LogP contribution >= 0.6 is 11.3 Å². The summed E-state index contributed by atoms with van der Waals surface area (Å²) in [5.74, 6) is -0.931. The third kappa shape index (κ3) is 2.81. The summed E-state index contributed by atoms with van der Waals surface area (Å²) in [6, 6.07) is 0. The van der Waals surface area contributed by atoms with Gasteiger partial charge in [0.1, 0.15) is 0 Å². The zero-order valence-corrected chi connectivity index (χ0v) is 11.7. The molecule has 0 amide bonds. The van der Waals surface area contributed by atoms with Crippen molar-refractivity contribution in [2.45, 2.75) is 20.3 Å². The highest BCUT2D eigenvalue weighted by Crippen LogP contribution is 2.26. The fraction of sp³-hybridized carbons (Fsp3) is 0.667. The van der Waals surface area contributed by atoms with Gasteiger partial charge >= 0.3 is 5.97 Å². The Hall–Kier alpha value is -1.14. The maximum atomic E-state index is 11.0. The molecule has 1 aromatic rings. The molecule has 0 spiro atoms. The highest BCUT2D eigenvalue weighted by Gasteiger charge is 2.21. The standard InChI is InChI=1S/C12H19N3O2S/c1-3-4-14-5-7-15(8-6-14)12-13-10(11(16)17)9(2)18-12/h3-8H2,1-2H3,(H,16,17). The molecule has 2 rings (SSSR count). The zero-order valence-electron chi connectivity index (χ0n) is 10.8. The number of anilines is 1. The number of thiazole rings is 1. The molecule has 0 aromatic carbocycles. The number of carbonyl (C=O) groups is 1. The Bertz CT molecular complexity index is 425. The van der Waals surface area contributed by atoms with Crippen molar-refractivity contribution in [2.24, 2.45) is 0 Å². The van der Waals surface area contributed by atoms with Crippen LogP contribution in [0.3, 0.4) is 0 Å². The summed E-state index contributed by atoms with van der Waals surface area (Å²) in [4.78, 5) is 20.6. The second-order valence-corrected chi connectivity index (χ2v) is 5.72. The van der Waals surface area contributed by atoms with E-state index in [9.17, 15) is 4.79 Å². The average molecular weight is 269 g/mol. The van der Waals surface area contributed by atoms with Crippen molar-refractivity contribution < 1.29 is 9.90 Å². The summed E-state index contributed by atoms with van der Waals surface area (Å²) in [6.07, 6.45) is 1.18. The van der Waals surface area contributed by atoms with Gasteiger partial charge in [-0.3, -0.25) is 4.90 Å². The third-order valence-electron chi connectivity index (χ3n) is 3.17. The van der Waals surface area contributed by atoms with E-state index in [4.69, 9.17) is 5.11 Å². The van der Waals surface area contributed by atoms with E-state index in [1.54, 1.807) is 0 Å². The number of piperazine rings is 1. The summed E-state index contributed by atoms with van der Waals surface area (Å²) in [5.41, 5.74) is 0.200. The molecule has 100 valence electrons. The van der Waals surface area contributed by atoms with E-state index in [0.717, 1.165) is 42.7 Å². The minimum absolute atomic E-state index is 0.200. The normalized spacial score (nSPS) is 17.1. The van der Waals surface area contributed by atoms with Crippen LogP contribution in [0.2, 0.25) is 0 Å². The van der Waals surface area contributed by atoms with Gasteiger partial charge in [0.15, 0.2) is 10.8 Å². The quantitative estimate of drug-likeness (QED) is 0.901. The topological polar surface area (TPSA) is 56.7 Å². The Balaban J connectivity index is 2.01. The van der Waals surface area contributed by atoms with Crippen LogP contribution in [0, 0.1) is 6.92 Å². The SMILES string of the molecule is CCCN1CCN(c2nc(C(=O)O)c(C)s2)CC1. The first-order valence-electron chi connectivity index (χ1n) is 6.30. The van der Waals surface area contributed by atoms with E-state index < -0.39 is 5.97 Å². The van der Waals surface area contributed by atoms with Gasteiger partial charge in [-0.2, -0.15) is 0 Å². The van der Waals surface area contributed by atoms with Crippen LogP contribution in [-0.4, -0.2) is 53.7 Å². The van der Waals surface area contributed by atoms with Gasteiger partial charge in [0.2, 0.25) is 0 Å². The van der Waals surface area contributed by atoms with Gasteiger partial charge in [0.05, 0.1) is 0 Å². The summed E-state index contributed by atoms with van der Waals surface area (Å²) in [6.45, 7) is 9.10. The molecular weight excluding hydrogens is 250 g/mol. The van der Waals surface area contributed by atoms with Crippen LogP contribution in [0.5, 0.6) is 0 Å². The van der Waals surface area contributed by atoms with Gasteiger partial charge in [-0.15, -0.1) is 11.3 Å². The number of aryl methyl sites for hydroxylation is 1. The molecule has 6 heteroatoms. The largest absolute Gasteiger partial charge is 0.476 e. The molecule has 1 N–H and O–H groups in total. The lowest BCUT2D eigenvalue weighted by atomic mass is 10.3. The summed E-state index contributed by atoms with van der Waals surface area (Å²) < 4.78 is 0. The van der Waals surface area contributed by atoms with Gasteiger partial charge in [-0.1, -0.05) is 6.92 Å². The van der Waals surface area contributed by atoms with E-state index in [1.807, 2.05) is 6.92 Å². The van der Waals surface area contributed by atoms with Crippen molar-refractivity contribution in [1.82, 2.24) is 9.88 Å². The van der Waals surface area contributed by atoms with E-state index >= 15 is 0 Å². The monoisotopic (exact) mass is 269 g/mol. The molecule has 1 aliphatic heterocycles. The first-order chi connectivity index (χ1) is 8.61. The first-order valence-corrected chi connectivity index (χ1v) is 7.11. The van der Waals surface area contributed by atoms with Gasteiger partial charge in [0, 0.05) is 31.1 Å². The second-order valence-electron chi connectivity index (χ2n) is 4.54. The predicted octanol–water partition coefficient (Wildman–Crippen LogP) is 1.68. The molecule has 0 bridgehead atoms. The number of carboxylic acids is 1. The van der Waals surface area contributed by atoms with Gasteiger partial charge < -0.3 is 10.0 Å². The molecule has 1 fully saturated rings. The molecule has 5 nitrogen and oxygen atoms in total. The molecule has 0 saturated carbocycles. The van der Waals surface area contributed by atoms with Crippen molar-refractivity contribution in [3.05, 3.63) is 10.6 Å². The van der Waals surface area contributed by atoms with Crippen LogP contribution in [0.4, 0.5) is 5.13 Å². The molecule has 0 radical (unpaired) electrons. The maximum absolute atomic E-state index is 11.0. The molecule has 0 atom stereocenters. The Labute approximate surface area is 111 Å². The highest BCUT2D eigenvalue weighted by molar-refractivity contribution is 7.15. The molecule has 1 aliphatic rings. The van der Waals surface area contributed by atoms with Crippen LogP contribution in [0.25, 0.3) is 0 Å². The molecule has 1 aromatic heterocycles. The fourth-order valence-electron chi connectivity index (χ4n) is 2.20. The van der Waals surface area contributed by atoms with Crippen molar-refractivity contribution in [3.8, 4) is 0 Å². The minimum atomic E-state index is -0.931. The summed E-state index contributed by atoms with van der Waals surface area (Å²) in [7, 11) is 0. The molecule has 2 heterocycles. The Morgan fingerprint density at radius 3 is 2.56 bits per heavy atom. The molecule has 0 unspecified atom stereocenters. The number of nitrogens with zero attached hydrogens (tertiary/aromatic N) is 3. The lowest BCUT2D eigenvalue weighted by Gasteiger charge is -2.34. The van der Waals surface area contributed by atoms with Crippen LogP contribution in [-0.2, 0) is 0 Å². The zero-order chi connectivity index (χ0) is 13.1. The van der Waals surface area contributed by atoms with Crippen LogP contribution < -0.4 is 4.90 Å². The van der Waals surface area contributed by atoms with Crippen LogP contribution in [0.15, 0.2) is 0 Å². The lowest BCUT2D eigenvalue weighted by molar-refractivity contribution is 0.0690. The Morgan fingerprint density at radius 1 is 1.39 bits per heavy atom. The maximum Gasteiger partial charge on any atom is 0.355 e. The first kappa shape index (κ1) is 13.3. The predicted molar refractivity (Wildman–Crippen MR) is 72.8 cm³/mol. The van der Waals surface area contributed by atoms with E-state index in [2.05, 4.69) is 21.7 Å². The minimum Gasteiger partial charge on any atom is -0.476 e. The number of aromatic nitrogens is 1. The fourth-order valence-corrected chi connectivity index (χ4v) is 3.15. The number of aromatic carboxylic acids is 1. The Morgan fingerprint density at radius 2 is 2.06 bits per heavy atom. The smallest absolute Gasteiger partial charge is 0.355 e. The Kier molecular flexibility index (Phi) is 4.19. The van der Waals surface area contributed by atoms with E-state index in [-0.39, 0.29) is 5.69 Å². The van der Waals surface area contributed by atoms with Crippen molar-refractivity contribution in [1.29, 1.82) is 0 Å². The second kappa shape index (κ2) is 5.67. The summed E-state index contributed by atoms with van der Waals surface area (Å²) >= 11 is 1.48. The van der Waals surface area contributed by atoms with E-state index in [1.165, 1.54) is 17.8 Å². The number of rotatable bonds is 4. The van der Waals surface area contributed by atoms with Gasteiger partial charge in [-0.25, -0.2) is 9.78 Å². The van der Waals surface area contributed by atoms with Gasteiger partial charge in [-0.05, 0) is 19.9 Å². The number of carboxylic acid groups (broad SMARTS) is 1. The summed E-state index contributed by atoms with van der Waals surface area (Å²) in [5, 5.41) is 9.85. The third-order valence-corrected chi connectivity index (χ3v) is 4.20. The van der Waals surface area contributed by atoms with E-state index in [0.29, 0.717) is 0 Å². The van der Waals surface area contributed by atoms with Crippen LogP contribution in [0.1, 0.15) is 28.7 Å². The molecular formula is C12H19N3O2S. The molecule has 1 saturated heterocycles. The van der Waals surface area contributed by atoms with Gasteiger partial charge in [0.25, 0.3) is 0 Å². The number of hydrogen-bond donors (Lipinski definition) is 1. The average Bonchev–Trinajstić information content (AvgIpc) is 2.73. The lowest BCUT2D eigenvalue weighted by Crippen LogP contribution is -2.46.